The summed E-state index contributed by atoms with van der Waals surface area (Å²) in [4.78, 5) is 19.2. The lowest BCUT2D eigenvalue weighted by atomic mass is 10.4. The average Bonchev–Trinajstić information content (AvgIpc) is 2.65. The molecule has 7 heteroatoms. The summed E-state index contributed by atoms with van der Waals surface area (Å²) in [7, 11) is 1.76. The van der Waals surface area contributed by atoms with E-state index in [1.807, 2.05) is 0 Å². The summed E-state index contributed by atoms with van der Waals surface area (Å²) >= 11 is 5.56. The highest BCUT2D eigenvalue weighted by Gasteiger charge is 2.09. The number of carbonyl (C=O) groups is 1. The van der Waals surface area contributed by atoms with E-state index < -0.39 is 0 Å². The Labute approximate surface area is 96.3 Å². The van der Waals surface area contributed by atoms with Crippen molar-refractivity contribution in [2.24, 2.45) is 7.05 Å². The van der Waals surface area contributed by atoms with Gasteiger partial charge in [-0.2, -0.15) is 5.10 Å². The highest BCUT2D eigenvalue weighted by atomic mass is 35.5. The Morgan fingerprint density at radius 3 is 2.81 bits per heavy atom. The van der Waals surface area contributed by atoms with Crippen molar-refractivity contribution < 1.29 is 4.79 Å². The summed E-state index contributed by atoms with van der Waals surface area (Å²) < 4.78 is 1.59. The lowest BCUT2D eigenvalue weighted by Crippen LogP contribution is -2.14. The Balaban J connectivity index is 2.11. The highest BCUT2D eigenvalue weighted by Crippen LogP contribution is 2.05. The van der Waals surface area contributed by atoms with Gasteiger partial charge in [-0.15, -0.1) is 0 Å². The number of halogens is 1. The van der Waals surface area contributed by atoms with Crippen molar-refractivity contribution in [3.63, 3.8) is 0 Å². The number of aryl methyl sites for hydroxylation is 1. The molecule has 0 saturated heterocycles. The first kappa shape index (κ1) is 10.6. The van der Waals surface area contributed by atoms with Gasteiger partial charge in [0.15, 0.2) is 5.82 Å². The Morgan fingerprint density at radius 2 is 2.25 bits per heavy atom. The van der Waals surface area contributed by atoms with Gasteiger partial charge in [0.05, 0.1) is 12.4 Å². The van der Waals surface area contributed by atoms with E-state index in [2.05, 4.69) is 20.4 Å². The quantitative estimate of drug-likeness (QED) is 0.849. The van der Waals surface area contributed by atoms with Crippen LogP contribution in [0.25, 0.3) is 0 Å². The molecule has 0 bridgehead atoms. The van der Waals surface area contributed by atoms with Crippen LogP contribution in [0.2, 0.25) is 5.15 Å². The van der Waals surface area contributed by atoms with Crippen molar-refractivity contribution >= 4 is 23.3 Å². The topological polar surface area (TPSA) is 72.7 Å². The molecule has 0 fully saturated rings. The molecule has 0 saturated carbocycles. The second-order valence-corrected chi connectivity index (χ2v) is 3.44. The molecular formula is C9H8ClN5O. The number of aromatic nitrogens is 4. The molecule has 1 N–H and O–H groups in total. The monoisotopic (exact) mass is 237 g/mol. The van der Waals surface area contributed by atoms with E-state index in [0.717, 1.165) is 0 Å². The minimum absolute atomic E-state index is 0.190. The van der Waals surface area contributed by atoms with E-state index in [1.54, 1.807) is 24.0 Å². The molecule has 2 rings (SSSR count). The SMILES string of the molecule is Cn1ccc(NC(=O)c2cnc(Cl)cn2)n1. The van der Waals surface area contributed by atoms with E-state index >= 15 is 0 Å². The van der Waals surface area contributed by atoms with Crippen molar-refractivity contribution in [2.45, 2.75) is 0 Å². The first-order valence-electron chi connectivity index (χ1n) is 4.44. The first-order chi connectivity index (χ1) is 7.65. The third kappa shape index (κ3) is 2.34. The Morgan fingerprint density at radius 1 is 1.44 bits per heavy atom. The summed E-state index contributed by atoms with van der Waals surface area (Å²) in [6, 6.07) is 1.68. The van der Waals surface area contributed by atoms with Crippen molar-refractivity contribution in [1.82, 2.24) is 19.7 Å². The number of hydrogen-bond acceptors (Lipinski definition) is 4. The fourth-order valence-electron chi connectivity index (χ4n) is 1.09. The summed E-state index contributed by atoms with van der Waals surface area (Å²) in [5.74, 6) is 0.0899. The lowest BCUT2D eigenvalue weighted by molar-refractivity contribution is 0.102. The minimum Gasteiger partial charge on any atom is -0.304 e. The summed E-state index contributed by atoms with van der Waals surface area (Å²) in [5.41, 5.74) is 0.190. The van der Waals surface area contributed by atoms with Crippen molar-refractivity contribution in [1.29, 1.82) is 0 Å². The molecule has 6 nitrogen and oxygen atoms in total. The molecule has 0 aliphatic carbocycles. The first-order valence-corrected chi connectivity index (χ1v) is 4.81. The second-order valence-electron chi connectivity index (χ2n) is 3.05. The molecule has 0 aliphatic heterocycles. The molecule has 0 atom stereocenters. The molecular weight excluding hydrogens is 230 g/mol. The molecule has 16 heavy (non-hydrogen) atoms. The number of nitrogens with zero attached hydrogens (tertiary/aromatic N) is 4. The summed E-state index contributed by atoms with van der Waals surface area (Å²) in [5, 5.41) is 6.83. The van der Waals surface area contributed by atoms with Crippen LogP contribution in [-0.4, -0.2) is 25.7 Å². The lowest BCUT2D eigenvalue weighted by Gasteiger charge is -2.00. The number of rotatable bonds is 2. The maximum atomic E-state index is 11.6. The van der Waals surface area contributed by atoms with Gasteiger partial charge in [-0.05, 0) is 0 Å². The van der Waals surface area contributed by atoms with E-state index in [0.29, 0.717) is 5.82 Å². The third-order valence-corrected chi connectivity index (χ3v) is 2.00. The maximum Gasteiger partial charge on any atom is 0.277 e. The Bertz CT molecular complexity index is 507. The molecule has 0 aromatic carbocycles. The predicted octanol–water partition coefficient (Wildman–Crippen LogP) is 1.12. The second kappa shape index (κ2) is 4.28. The van der Waals surface area contributed by atoms with Crippen LogP contribution < -0.4 is 5.32 Å². The van der Waals surface area contributed by atoms with Crippen molar-refractivity contribution in [2.75, 3.05) is 5.32 Å². The summed E-state index contributed by atoms with van der Waals surface area (Å²) in [6.07, 6.45) is 4.35. The third-order valence-electron chi connectivity index (χ3n) is 1.81. The highest BCUT2D eigenvalue weighted by molar-refractivity contribution is 6.29. The van der Waals surface area contributed by atoms with Crippen LogP contribution in [-0.2, 0) is 7.05 Å². The normalized spacial score (nSPS) is 10.1. The van der Waals surface area contributed by atoms with Gasteiger partial charge < -0.3 is 5.32 Å². The smallest absolute Gasteiger partial charge is 0.277 e. The largest absolute Gasteiger partial charge is 0.304 e. The zero-order valence-corrected chi connectivity index (χ0v) is 9.14. The van der Waals surface area contributed by atoms with E-state index in [4.69, 9.17) is 11.6 Å². The predicted molar refractivity (Wildman–Crippen MR) is 58.2 cm³/mol. The Hall–Kier alpha value is -1.95. The maximum absolute atomic E-state index is 11.6. The van der Waals surface area contributed by atoms with Crippen LogP contribution in [0.3, 0.4) is 0 Å². The van der Waals surface area contributed by atoms with Gasteiger partial charge >= 0.3 is 0 Å². The average molecular weight is 238 g/mol. The van der Waals surface area contributed by atoms with Crippen molar-refractivity contribution in [3.05, 3.63) is 35.5 Å². The van der Waals surface area contributed by atoms with Gasteiger partial charge in [0.25, 0.3) is 5.91 Å². The molecule has 0 spiro atoms. The fourth-order valence-corrected chi connectivity index (χ4v) is 1.19. The van der Waals surface area contributed by atoms with Crippen LogP contribution in [0.4, 0.5) is 5.82 Å². The number of hydrogen-bond donors (Lipinski definition) is 1. The van der Waals surface area contributed by atoms with E-state index in [9.17, 15) is 4.79 Å². The van der Waals surface area contributed by atoms with Crippen LogP contribution in [0.5, 0.6) is 0 Å². The molecule has 2 aromatic heterocycles. The fraction of sp³-hybridized carbons (Fsp3) is 0.111. The zero-order chi connectivity index (χ0) is 11.5. The number of amides is 1. The van der Waals surface area contributed by atoms with Crippen LogP contribution in [0, 0.1) is 0 Å². The van der Waals surface area contributed by atoms with E-state index in [-0.39, 0.29) is 16.8 Å². The zero-order valence-electron chi connectivity index (χ0n) is 8.38. The van der Waals surface area contributed by atoms with Gasteiger partial charge in [0.1, 0.15) is 10.8 Å². The number of anilines is 1. The number of carbonyl (C=O) groups excluding carboxylic acids is 1. The van der Waals surface area contributed by atoms with Crippen LogP contribution in [0.1, 0.15) is 10.5 Å². The molecule has 2 heterocycles. The standard InChI is InChI=1S/C9H8ClN5O/c1-15-3-2-8(14-15)13-9(16)6-4-12-7(10)5-11-6/h2-5H,1H3,(H,13,14,16). The summed E-state index contributed by atoms with van der Waals surface area (Å²) in [6.45, 7) is 0. The molecule has 82 valence electrons. The molecule has 2 aromatic rings. The van der Waals surface area contributed by atoms with Gasteiger partial charge in [-0.25, -0.2) is 9.97 Å². The van der Waals surface area contributed by atoms with Crippen molar-refractivity contribution in [3.8, 4) is 0 Å². The van der Waals surface area contributed by atoms with Gasteiger partial charge in [0.2, 0.25) is 0 Å². The molecule has 0 unspecified atom stereocenters. The molecule has 0 aliphatic rings. The molecule has 1 amide bonds. The van der Waals surface area contributed by atoms with Gasteiger partial charge in [0, 0.05) is 19.3 Å². The van der Waals surface area contributed by atoms with Crippen LogP contribution in [0.15, 0.2) is 24.7 Å². The minimum atomic E-state index is -0.372. The number of nitrogens with one attached hydrogen (secondary N) is 1. The van der Waals surface area contributed by atoms with E-state index in [1.165, 1.54) is 12.4 Å². The van der Waals surface area contributed by atoms with Gasteiger partial charge in [-0.1, -0.05) is 11.6 Å². The van der Waals surface area contributed by atoms with Gasteiger partial charge in [-0.3, -0.25) is 9.48 Å². The van der Waals surface area contributed by atoms with Crippen LogP contribution >= 0.6 is 11.6 Å². The molecule has 0 radical (unpaired) electrons. The Kier molecular flexibility index (Phi) is 2.82.